The molecule has 1 N–H and O–H groups in total. The van der Waals surface area contributed by atoms with Crippen LogP contribution in [0.2, 0.25) is 0 Å². The molecule has 1 unspecified atom stereocenters. The molecule has 3 heterocycles. The number of hydrogen-bond acceptors (Lipinski definition) is 5. The van der Waals surface area contributed by atoms with Crippen molar-refractivity contribution in [2.45, 2.75) is 32.0 Å². The van der Waals surface area contributed by atoms with Crippen LogP contribution in [0.1, 0.15) is 26.0 Å². The number of carbonyl (C=O) groups excluding carboxylic acids is 1. The summed E-state index contributed by atoms with van der Waals surface area (Å²) in [6.07, 6.45) is 5.50. The first-order chi connectivity index (χ1) is 11.7. The first-order valence-corrected chi connectivity index (χ1v) is 8.20. The summed E-state index contributed by atoms with van der Waals surface area (Å²) in [5, 5.41) is 7.20. The molecule has 0 radical (unpaired) electrons. The minimum absolute atomic E-state index is 0.0370. The molecular weight excluding hydrogens is 308 g/mol. The Bertz CT molecular complexity index is 718. The fraction of sp³-hybridized carbons (Fsp3) is 0.471. The predicted molar refractivity (Wildman–Crippen MR) is 86.3 cm³/mol. The highest BCUT2D eigenvalue weighted by Crippen LogP contribution is 2.30. The molecule has 1 saturated heterocycles. The van der Waals surface area contributed by atoms with Crippen LogP contribution >= 0.6 is 0 Å². The van der Waals surface area contributed by atoms with Crippen molar-refractivity contribution < 1.29 is 14.3 Å². The number of carbonyl (C=O) groups is 1. The third-order valence-corrected chi connectivity index (χ3v) is 4.39. The van der Waals surface area contributed by atoms with Gasteiger partial charge in [0.25, 0.3) is 0 Å². The van der Waals surface area contributed by atoms with Gasteiger partial charge in [0.1, 0.15) is 5.75 Å². The standard InChI is InChI=1S/C17H20N4O3/c1-11(22)20-13-6-12(7-13)9-23-14-2-3-15(18-8-14)16-4-5-19-21(16)17-10-24-17/h2-5,8,12-13,17H,6-7,9-10H2,1H3,(H,20,22). The van der Waals surface area contributed by atoms with E-state index in [0.717, 1.165) is 30.0 Å². The summed E-state index contributed by atoms with van der Waals surface area (Å²) in [5.41, 5.74) is 1.80. The number of hydrogen-bond donors (Lipinski definition) is 1. The highest BCUT2D eigenvalue weighted by molar-refractivity contribution is 5.73. The number of pyridine rings is 1. The lowest BCUT2D eigenvalue weighted by Crippen LogP contribution is -2.45. The maximum atomic E-state index is 11.0. The van der Waals surface area contributed by atoms with Crippen molar-refractivity contribution >= 4 is 5.91 Å². The molecule has 1 aliphatic carbocycles. The van der Waals surface area contributed by atoms with E-state index < -0.39 is 0 Å². The summed E-state index contributed by atoms with van der Waals surface area (Å²) in [6.45, 7) is 2.92. The van der Waals surface area contributed by atoms with E-state index >= 15 is 0 Å². The van der Waals surface area contributed by atoms with Gasteiger partial charge in [-0.1, -0.05) is 0 Å². The van der Waals surface area contributed by atoms with Crippen molar-refractivity contribution in [3.8, 4) is 17.1 Å². The van der Waals surface area contributed by atoms with Crippen molar-refractivity contribution in [3.05, 3.63) is 30.6 Å². The highest BCUT2D eigenvalue weighted by Gasteiger charge is 2.30. The zero-order valence-electron chi connectivity index (χ0n) is 13.5. The van der Waals surface area contributed by atoms with Gasteiger partial charge < -0.3 is 14.8 Å². The highest BCUT2D eigenvalue weighted by atomic mass is 16.6. The molecule has 1 saturated carbocycles. The maximum absolute atomic E-state index is 11.0. The van der Waals surface area contributed by atoms with Crippen LogP contribution in [-0.4, -0.2) is 39.9 Å². The predicted octanol–water partition coefficient (Wildman–Crippen LogP) is 1.77. The van der Waals surface area contributed by atoms with Crippen LogP contribution in [0.5, 0.6) is 5.75 Å². The number of nitrogens with zero attached hydrogens (tertiary/aromatic N) is 3. The molecule has 24 heavy (non-hydrogen) atoms. The number of rotatable bonds is 6. The van der Waals surface area contributed by atoms with Crippen molar-refractivity contribution in [1.82, 2.24) is 20.1 Å². The molecule has 7 heteroatoms. The van der Waals surface area contributed by atoms with Gasteiger partial charge in [0.15, 0.2) is 6.23 Å². The lowest BCUT2D eigenvalue weighted by Gasteiger charge is -2.35. The Hall–Kier alpha value is -2.41. The summed E-state index contributed by atoms with van der Waals surface area (Å²) in [4.78, 5) is 15.4. The van der Waals surface area contributed by atoms with E-state index in [-0.39, 0.29) is 12.1 Å². The van der Waals surface area contributed by atoms with Gasteiger partial charge in [0.05, 0.1) is 30.8 Å². The average Bonchev–Trinajstić information content (AvgIpc) is 3.27. The molecule has 2 fully saturated rings. The molecule has 2 aliphatic rings. The Morgan fingerprint density at radius 3 is 2.92 bits per heavy atom. The first kappa shape index (κ1) is 15.1. The van der Waals surface area contributed by atoms with Crippen LogP contribution in [-0.2, 0) is 9.53 Å². The zero-order valence-corrected chi connectivity index (χ0v) is 13.5. The number of amides is 1. The summed E-state index contributed by atoms with van der Waals surface area (Å²) < 4.78 is 12.9. The molecule has 1 amide bonds. The van der Waals surface area contributed by atoms with Gasteiger partial charge in [-0.3, -0.25) is 9.78 Å². The summed E-state index contributed by atoms with van der Waals surface area (Å²) in [6, 6.07) is 6.10. The van der Waals surface area contributed by atoms with E-state index in [9.17, 15) is 4.79 Å². The van der Waals surface area contributed by atoms with E-state index in [1.807, 2.05) is 22.9 Å². The van der Waals surface area contributed by atoms with Crippen LogP contribution in [0.15, 0.2) is 30.6 Å². The van der Waals surface area contributed by atoms with E-state index in [0.29, 0.717) is 25.2 Å². The largest absolute Gasteiger partial charge is 0.492 e. The Labute approximate surface area is 140 Å². The van der Waals surface area contributed by atoms with Gasteiger partial charge in [-0.2, -0.15) is 5.10 Å². The molecule has 1 aliphatic heterocycles. The van der Waals surface area contributed by atoms with Gasteiger partial charge >= 0.3 is 0 Å². The molecule has 1 atom stereocenters. The van der Waals surface area contributed by atoms with Crippen LogP contribution in [0.3, 0.4) is 0 Å². The number of nitrogens with one attached hydrogen (secondary N) is 1. The van der Waals surface area contributed by atoms with E-state index in [1.165, 1.54) is 0 Å². The van der Waals surface area contributed by atoms with Crippen molar-refractivity contribution in [2.75, 3.05) is 13.2 Å². The van der Waals surface area contributed by atoms with Crippen molar-refractivity contribution in [2.24, 2.45) is 5.92 Å². The fourth-order valence-corrected chi connectivity index (χ4v) is 3.04. The van der Waals surface area contributed by atoms with Crippen LogP contribution in [0, 0.1) is 5.92 Å². The molecule has 0 bridgehead atoms. The number of ether oxygens (including phenoxy) is 2. The molecule has 2 aromatic rings. The van der Waals surface area contributed by atoms with E-state index in [2.05, 4.69) is 15.4 Å². The second-order valence-electron chi connectivity index (χ2n) is 6.37. The second kappa shape index (κ2) is 6.24. The van der Waals surface area contributed by atoms with Gasteiger partial charge in [-0.15, -0.1) is 0 Å². The maximum Gasteiger partial charge on any atom is 0.217 e. The third-order valence-electron chi connectivity index (χ3n) is 4.39. The summed E-state index contributed by atoms with van der Waals surface area (Å²) >= 11 is 0. The van der Waals surface area contributed by atoms with Crippen LogP contribution in [0.4, 0.5) is 0 Å². The second-order valence-corrected chi connectivity index (χ2v) is 6.37. The monoisotopic (exact) mass is 328 g/mol. The summed E-state index contributed by atoms with van der Waals surface area (Å²) in [5.74, 6) is 1.29. The average molecular weight is 328 g/mol. The fourth-order valence-electron chi connectivity index (χ4n) is 3.04. The minimum atomic E-state index is 0.0370. The lowest BCUT2D eigenvalue weighted by molar-refractivity contribution is -0.120. The minimum Gasteiger partial charge on any atom is -0.492 e. The van der Waals surface area contributed by atoms with E-state index in [4.69, 9.17) is 9.47 Å². The molecule has 0 aromatic carbocycles. The van der Waals surface area contributed by atoms with Crippen molar-refractivity contribution in [3.63, 3.8) is 0 Å². The summed E-state index contributed by atoms with van der Waals surface area (Å²) in [7, 11) is 0. The molecular formula is C17H20N4O3. The van der Waals surface area contributed by atoms with Gasteiger partial charge in [-0.05, 0) is 37.0 Å². The zero-order chi connectivity index (χ0) is 16.5. The Morgan fingerprint density at radius 2 is 2.25 bits per heavy atom. The molecule has 4 rings (SSSR count). The van der Waals surface area contributed by atoms with Gasteiger partial charge in [-0.25, -0.2) is 4.68 Å². The quantitative estimate of drug-likeness (QED) is 0.817. The lowest BCUT2D eigenvalue weighted by atomic mass is 9.81. The smallest absolute Gasteiger partial charge is 0.217 e. The van der Waals surface area contributed by atoms with Gasteiger partial charge in [0, 0.05) is 19.2 Å². The molecule has 0 spiro atoms. The Balaban J connectivity index is 1.30. The number of epoxide rings is 1. The molecule has 126 valence electrons. The normalized spacial score (nSPS) is 25.0. The van der Waals surface area contributed by atoms with Crippen LogP contribution in [0.25, 0.3) is 11.4 Å². The molecule has 2 aromatic heterocycles. The SMILES string of the molecule is CC(=O)NC1CC(COc2ccc(-c3ccnn3C3CO3)nc2)C1. The van der Waals surface area contributed by atoms with E-state index in [1.54, 1.807) is 19.3 Å². The third kappa shape index (κ3) is 3.26. The van der Waals surface area contributed by atoms with Gasteiger partial charge in [0.2, 0.25) is 5.91 Å². The molecule has 7 nitrogen and oxygen atoms in total. The van der Waals surface area contributed by atoms with Crippen LogP contribution < -0.4 is 10.1 Å². The Kier molecular flexibility index (Phi) is 3.93. The topological polar surface area (TPSA) is 81.6 Å². The number of aromatic nitrogens is 3. The first-order valence-electron chi connectivity index (χ1n) is 8.20. The van der Waals surface area contributed by atoms with Crippen molar-refractivity contribution in [1.29, 1.82) is 0 Å². The Morgan fingerprint density at radius 1 is 1.42 bits per heavy atom.